The van der Waals surface area contributed by atoms with Gasteiger partial charge in [-0.25, -0.2) is 0 Å². The Kier molecular flexibility index (Phi) is 2.05. The van der Waals surface area contributed by atoms with Crippen molar-refractivity contribution >= 4 is 17.2 Å². The predicted octanol–water partition coefficient (Wildman–Crippen LogP) is 0.907. The number of allylic oxidation sites excluding steroid dienone is 4. The fourth-order valence-corrected chi connectivity index (χ4v) is 1.50. The van der Waals surface area contributed by atoms with E-state index >= 15 is 0 Å². The van der Waals surface area contributed by atoms with Crippen LogP contribution < -0.4 is 0 Å². The molecule has 2 heteroatoms. The Labute approximate surface area is 53.6 Å². The monoisotopic (exact) mass is 134 g/mol. The van der Waals surface area contributed by atoms with E-state index in [1.807, 2.05) is 6.08 Å². The van der Waals surface area contributed by atoms with E-state index in [1.54, 1.807) is 10.9 Å². The minimum atomic E-state index is 1.14. The van der Waals surface area contributed by atoms with Gasteiger partial charge in [0.25, 0.3) is 0 Å². The lowest BCUT2D eigenvalue weighted by Gasteiger charge is -1.68. The van der Waals surface area contributed by atoms with E-state index in [9.17, 15) is 0 Å². The molecule has 0 aromatic carbocycles. The molecule has 0 aromatic heterocycles. The maximum absolute atomic E-state index is 3.57. The van der Waals surface area contributed by atoms with Gasteiger partial charge in [0.2, 0.25) is 0 Å². The molecule has 0 aromatic rings. The lowest BCUT2D eigenvalue weighted by Crippen LogP contribution is -1.53. The summed E-state index contributed by atoms with van der Waals surface area (Å²) in [5, 5.41) is 0. The lowest BCUT2D eigenvalue weighted by molar-refractivity contribution is 1.95. The van der Waals surface area contributed by atoms with E-state index < -0.39 is 0 Å². The van der Waals surface area contributed by atoms with E-state index in [4.69, 9.17) is 0 Å². The lowest BCUT2D eigenvalue weighted by atomic mass is 10.5. The van der Waals surface area contributed by atoms with Crippen LogP contribution >= 0.6 is 0 Å². The van der Waals surface area contributed by atoms with Gasteiger partial charge in [0.05, 0.1) is 0 Å². The molecule has 1 rings (SSSR count). The van der Waals surface area contributed by atoms with Gasteiger partial charge < -0.3 is 0 Å². The minimum Gasteiger partial charge on any atom is -0.0991 e. The van der Waals surface area contributed by atoms with E-state index in [0.29, 0.717) is 0 Å². The summed E-state index contributed by atoms with van der Waals surface area (Å²) in [6, 6.07) is 0. The molecule has 0 saturated carbocycles. The Morgan fingerprint density at radius 3 is 2.50 bits per heavy atom. The second kappa shape index (κ2) is 2.84. The van der Waals surface area contributed by atoms with Gasteiger partial charge >= 0.3 is 0 Å². The van der Waals surface area contributed by atoms with Crippen molar-refractivity contribution in [3.05, 3.63) is 35.7 Å². The summed E-state index contributed by atoms with van der Waals surface area (Å²) in [5.74, 6) is 0. The first-order valence-corrected chi connectivity index (χ1v) is 5.45. The molecular formula is C6H6Si2. The van der Waals surface area contributed by atoms with Crippen LogP contribution in [0.3, 0.4) is 0 Å². The Morgan fingerprint density at radius 1 is 1.25 bits per heavy atom. The molecule has 8 heavy (non-hydrogen) atoms. The highest BCUT2D eigenvalue weighted by Gasteiger charge is 1.95. The highest BCUT2D eigenvalue weighted by Crippen LogP contribution is 1.92. The highest BCUT2D eigenvalue weighted by atomic mass is 28.9. The molecule has 1 aliphatic heterocycles. The number of rotatable bonds is 2. The van der Waals surface area contributed by atoms with Gasteiger partial charge in [0.15, 0.2) is 0 Å². The number of hydrogen-bond donors (Lipinski definition) is 0. The number of hydrogen-bond acceptors (Lipinski definition) is 0. The molecule has 0 amide bonds. The van der Waals surface area contributed by atoms with Gasteiger partial charge in [-0.1, -0.05) is 35.7 Å². The van der Waals surface area contributed by atoms with Gasteiger partial charge in [-0.3, -0.25) is 0 Å². The van der Waals surface area contributed by atoms with Crippen LogP contribution in [0.2, 0.25) is 0 Å². The van der Waals surface area contributed by atoms with E-state index in [2.05, 4.69) is 18.7 Å². The smallest absolute Gasteiger partial charge is 0.0333 e. The van der Waals surface area contributed by atoms with Crippen LogP contribution in [0, 0.1) is 0 Å². The van der Waals surface area contributed by atoms with Crippen LogP contribution in [0.1, 0.15) is 0 Å². The SMILES string of the molecule is C=C/C=C/C=C1[Si]=[Si]1. The molecule has 0 saturated heterocycles. The van der Waals surface area contributed by atoms with Crippen molar-refractivity contribution in [2.24, 2.45) is 0 Å². The standard InChI is InChI=1S/C6H6Si2/c1-2-3-4-5-6-7-8-6/h2-5H,1H2/b4-3+. The minimum absolute atomic E-state index is 1.14. The maximum atomic E-state index is 3.57. The van der Waals surface area contributed by atoms with Crippen LogP contribution in [0.25, 0.3) is 0 Å². The van der Waals surface area contributed by atoms with Crippen LogP contribution in [0.5, 0.6) is 0 Å². The average Bonchev–Trinajstić information content (AvgIpc) is 2.51. The summed E-state index contributed by atoms with van der Waals surface area (Å²) in [7, 11) is 2.28. The average molecular weight is 134 g/mol. The summed E-state index contributed by atoms with van der Waals surface area (Å²) in [4.78, 5) is 1.61. The summed E-state index contributed by atoms with van der Waals surface area (Å²) < 4.78 is 0. The van der Waals surface area contributed by atoms with Crippen molar-refractivity contribution in [2.45, 2.75) is 0 Å². The third-order valence-corrected chi connectivity index (χ3v) is 3.27. The topological polar surface area (TPSA) is 0 Å². The largest absolute Gasteiger partial charge is 0.0991 e. The maximum Gasteiger partial charge on any atom is 0.0333 e. The second-order valence-electron chi connectivity index (χ2n) is 1.45. The van der Waals surface area contributed by atoms with Crippen molar-refractivity contribution in [3.8, 4) is 0 Å². The second-order valence-corrected chi connectivity index (χ2v) is 5.03. The van der Waals surface area contributed by atoms with Crippen LogP contribution in [0.15, 0.2) is 35.7 Å². The van der Waals surface area contributed by atoms with Crippen LogP contribution in [-0.2, 0) is 0 Å². The molecule has 0 aliphatic carbocycles. The van der Waals surface area contributed by atoms with Crippen LogP contribution in [0.4, 0.5) is 0 Å². The quantitative estimate of drug-likeness (QED) is 0.389. The molecule has 0 atom stereocenters. The van der Waals surface area contributed by atoms with Crippen molar-refractivity contribution in [3.63, 3.8) is 0 Å². The van der Waals surface area contributed by atoms with Gasteiger partial charge in [0, 0.05) is 17.2 Å². The van der Waals surface area contributed by atoms with Gasteiger partial charge in [-0.15, -0.1) is 0 Å². The zero-order valence-electron chi connectivity index (χ0n) is 4.52. The Bertz CT molecular complexity index is 167. The normalized spacial score (nSPS) is 14.8. The van der Waals surface area contributed by atoms with Crippen LogP contribution in [-0.4, -0.2) is 17.2 Å². The first-order valence-electron chi connectivity index (χ1n) is 2.45. The molecule has 1 heterocycles. The molecule has 0 nitrogen and oxygen atoms in total. The molecule has 1 aliphatic rings. The molecule has 0 fully saturated rings. The van der Waals surface area contributed by atoms with E-state index in [1.165, 1.54) is 0 Å². The van der Waals surface area contributed by atoms with Crippen molar-refractivity contribution in [1.29, 1.82) is 0 Å². The molecule has 0 bridgehead atoms. The molecule has 38 valence electrons. The van der Waals surface area contributed by atoms with Gasteiger partial charge in [-0.05, 0) is 0 Å². The Hall–Kier alpha value is -0.346. The van der Waals surface area contributed by atoms with Crippen molar-refractivity contribution in [1.82, 2.24) is 0 Å². The molecule has 2 radical (unpaired) electrons. The third-order valence-electron chi connectivity index (χ3n) is 0.779. The predicted molar refractivity (Wildman–Crippen MR) is 38.9 cm³/mol. The van der Waals surface area contributed by atoms with E-state index in [0.717, 1.165) is 17.2 Å². The van der Waals surface area contributed by atoms with E-state index in [-0.39, 0.29) is 0 Å². The molecule has 0 unspecified atom stereocenters. The zero-order chi connectivity index (χ0) is 5.82. The third kappa shape index (κ3) is 2.09. The molecule has 0 spiro atoms. The van der Waals surface area contributed by atoms with Crippen molar-refractivity contribution < 1.29 is 0 Å². The summed E-state index contributed by atoms with van der Waals surface area (Å²) in [6.45, 7) is 3.57. The van der Waals surface area contributed by atoms with Gasteiger partial charge in [-0.2, -0.15) is 0 Å². The summed E-state index contributed by atoms with van der Waals surface area (Å²) >= 11 is 0. The summed E-state index contributed by atoms with van der Waals surface area (Å²) in [5.41, 5.74) is 0. The Morgan fingerprint density at radius 2 is 2.00 bits per heavy atom. The first-order chi connectivity index (χ1) is 3.93. The molecule has 0 N–H and O–H groups in total. The highest BCUT2D eigenvalue weighted by molar-refractivity contribution is 7.05. The first kappa shape index (κ1) is 5.78. The fourth-order valence-electron chi connectivity index (χ4n) is 0.350. The zero-order valence-corrected chi connectivity index (χ0v) is 6.52. The summed E-state index contributed by atoms with van der Waals surface area (Å²) in [6.07, 6.45) is 7.99. The van der Waals surface area contributed by atoms with Crippen molar-refractivity contribution in [2.75, 3.05) is 0 Å². The molecular weight excluding hydrogens is 128 g/mol. The van der Waals surface area contributed by atoms with Gasteiger partial charge in [0.1, 0.15) is 0 Å². The fraction of sp³-hybridized carbons (Fsp3) is 0. The Balaban J connectivity index is 2.30.